The molecule has 0 aromatic carbocycles. The first kappa shape index (κ1) is 16.5. The summed E-state index contributed by atoms with van der Waals surface area (Å²) in [4.78, 5) is 26.0. The van der Waals surface area contributed by atoms with Crippen LogP contribution in [0.5, 0.6) is 0 Å². The van der Waals surface area contributed by atoms with Gasteiger partial charge in [-0.05, 0) is 12.8 Å². The molecule has 7 nitrogen and oxygen atoms in total. The number of fused-ring (bicyclic) bond motifs is 1. The zero-order valence-corrected chi connectivity index (χ0v) is 13.4. The molecule has 2 rings (SSSR count). The van der Waals surface area contributed by atoms with E-state index in [1.165, 1.54) is 4.90 Å². The summed E-state index contributed by atoms with van der Waals surface area (Å²) in [5.74, 6) is -0.353. The lowest BCUT2D eigenvalue weighted by Gasteiger charge is -2.23. The molecule has 22 heavy (non-hydrogen) atoms. The van der Waals surface area contributed by atoms with Crippen LogP contribution in [-0.4, -0.2) is 53.2 Å². The van der Waals surface area contributed by atoms with E-state index >= 15 is 0 Å². The lowest BCUT2D eigenvalue weighted by Crippen LogP contribution is -2.40. The molecule has 1 aliphatic heterocycles. The molecule has 0 aliphatic carbocycles. The molecule has 122 valence electrons. The van der Waals surface area contributed by atoms with Crippen LogP contribution in [0, 0.1) is 5.92 Å². The highest BCUT2D eigenvalue weighted by Gasteiger charge is 2.27. The molecule has 0 saturated carbocycles. The van der Waals surface area contributed by atoms with E-state index in [4.69, 9.17) is 4.74 Å². The Morgan fingerprint density at radius 3 is 2.86 bits per heavy atom. The van der Waals surface area contributed by atoms with Gasteiger partial charge in [0.2, 0.25) is 0 Å². The molecule has 0 fully saturated rings. The number of hydrogen-bond donors (Lipinski definition) is 2. The van der Waals surface area contributed by atoms with Crippen molar-refractivity contribution < 1.29 is 14.3 Å². The smallest absolute Gasteiger partial charge is 0.325 e. The maximum atomic E-state index is 12.8. The van der Waals surface area contributed by atoms with E-state index in [1.54, 1.807) is 6.92 Å². The zero-order chi connectivity index (χ0) is 16.1. The summed E-state index contributed by atoms with van der Waals surface area (Å²) in [6.45, 7) is 8.03. The summed E-state index contributed by atoms with van der Waals surface area (Å²) in [5, 5.41) is 10.4. The average Bonchev–Trinajstić information content (AvgIpc) is 2.89. The standard InChI is InChI=1S/C15H24N4O3/c1-4-22-13(20)9-19(8-10(2)3)15(21)14-11-7-16-6-5-12(11)17-18-14/h10,16H,4-9H2,1-3H3,(H,17,18). The molecule has 2 N–H and O–H groups in total. The number of carbonyl (C=O) groups is 2. The van der Waals surface area contributed by atoms with E-state index in [-0.39, 0.29) is 24.3 Å². The first-order valence-corrected chi connectivity index (χ1v) is 7.74. The third-order valence-electron chi connectivity index (χ3n) is 3.51. The fourth-order valence-electron chi connectivity index (χ4n) is 2.57. The van der Waals surface area contributed by atoms with Crippen molar-refractivity contribution in [2.45, 2.75) is 33.7 Å². The molecular formula is C15H24N4O3. The SMILES string of the molecule is CCOC(=O)CN(CC(C)C)C(=O)c1n[nH]c2c1CNCC2. The highest BCUT2D eigenvalue weighted by atomic mass is 16.5. The van der Waals surface area contributed by atoms with Crippen molar-refractivity contribution in [2.24, 2.45) is 5.92 Å². The van der Waals surface area contributed by atoms with Crippen LogP contribution >= 0.6 is 0 Å². The number of nitrogens with one attached hydrogen (secondary N) is 2. The van der Waals surface area contributed by atoms with Crippen molar-refractivity contribution in [3.8, 4) is 0 Å². The van der Waals surface area contributed by atoms with E-state index in [0.29, 0.717) is 25.4 Å². The summed E-state index contributed by atoms with van der Waals surface area (Å²) in [7, 11) is 0. The molecule has 0 spiro atoms. The molecule has 1 aromatic rings. The molecule has 0 bridgehead atoms. The van der Waals surface area contributed by atoms with Crippen molar-refractivity contribution in [3.63, 3.8) is 0 Å². The van der Waals surface area contributed by atoms with Crippen LogP contribution in [0.4, 0.5) is 0 Å². The third kappa shape index (κ3) is 3.85. The van der Waals surface area contributed by atoms with Gasteiger partial charge < -0.3 is 15.0 Å². The minimum atomic E-state index is -0.390. The molecule has 0 atom stereocenters. The summed E-state index contributed by atoms with van der Waals surface area (Å²) in [6, 6.07) is 0. The number of nitrogens with zero attached hydrogens (tertiary/aromatic N) is 2. The lowest BCUT2D eigenvalue weighted by molar-refractivity contribution is -0.143. The Balaban J connectivity index is 2.17. The van der Waals surface area contributed by atoms with Crippen molar-refractivity contribution in [1.29, 1.82) is 0 Å². The normalized spacial score (nSPS) is 13.8. The van der Waals surface area contributed by atoms with Gasteiger partial charge in [-0.25, -0.2) is 0 Å². The zero-order valence-electron chi connectivity index (χ0n) is 13.4. The van der Waals surface area contributed by atoms with E-state index in [1.807, 2.05) is 13.8 Å². The Kier molecular flexibility index (Phi) is 5.54. The molecule has 1 aromatic heterocycles. The Bertz CT molecular complexity index is 539. The molecule has 1 aliphatic rings. The minimum absolute atomic E-state index is 0.0418. The Morgan fingerprint density at radius 2 is 2.18 bits per heavy atom. The van der Waals surface area contributed by atoms with Gasteiger partial charge in [-0.15, -0.1) is 0 Å². The Morgan fingerprint density at radius 1 is 1.41 bits per heavy atom. The van der Waals surface area contributed by atoms with E-state index in [0.717, 1.165) is 24.2 Å². The second kappa shape index (κ2) is 7.40. The molecule has 0 saturated heterocycles. The first-order valence-electron chi connectivity index (χ1n) is 7.74. The Labute approximate surface area is 130 Å². The second-order valence-electron chi connectivity index (χ2n) is 5.84. The quantitative estimate of drug-likeness (QED) is 0.756. The van der Waals surface area contributed by atoms with Crippen LogP contribution in [0.2, 0.25) is 0 Å². The van der Waals surface area contributed by atoms with E-state index in [2.05, 4.69) is 15.5 Å². The van der Waals surface area contributed by atoms with Gasteiger partial charge in [0.05, 0.1) is 6.61 Å². The maximum Gasteiger partial charge on any atom is 0.325 e. The number of H-pyrrole nitrogens is 1. The van der Waals surface area contributed by atoms with Crippen LogP contribution < -0.4 is 5.32 Å². The number of aromatic nitrogens is 2. The summed E-state index contributed by atoms with van der Waals surface area (Å²) in [6.07, 6.45) is 0.831. The number of amides is 1. The highest BCUT2D eigenvalue weighted by molar-refractivity contribution is 5.95. The Hall–Kier alpha value is -1.89. The van der Waals surface area contributed by atoms with Gasteiger partial charge in [-0.3, -0.25) is 14.7 Å². The number of rotatable bonds is 6. The molecule has 0 unspecified atom stereocenters. The predicted octanol–water partition coefficient (Wildman–Crippen LogP) is 0.717. The van der Waals surface area contributed by atoms with E-state index < -0.39 is 0 Å². The van der Waals surface area contributed by atoms with Crippen molar-refractivity contribution in [1.82, 2.24) is 20.4 Å². The predicted molar refractivity (Wildman–Crippen MR) is 81.4 cm³/mol. The lowest BCUT2D eigenvalue weighted by atomic mass is 10.1. The van der Waals surface area contributed by atoms with Crippen LogP contribution in [-0.2, 0) is 22.5 Å². The molecule has 7 heteroatoms. The monoisotopic (exact) mass is 308 g/mol. The fraction of sp³-hybridized carbons (Fsp3) is 0.667. The van der Waals surface area contributed by atoms with Gasteiger partial charge in [0.1, 0.15) is 6.54 Å². The van der Waals surface area contributed by atoms with Gasteiger partial charge in [0, 0.05) is 37.3 Å². The average molecular weight is 308 g/mol. The topological polar surface area (TPSA) is 87.3 Å². The largest absolute Gasteiger partial charge is 0.465 e. The van der Waals surface area contributed by atoms with Gasteiger partial charge in [0.15, 0.2) is 5.69 Å². The van der Waals surface area contributed by atoms with Gasteiger partial charge in [-0.2, -0.15) is 5.10 Å². The van der Waals surface area contributed by atoms with Gasteiger partial charge >= 0.3 is 5.97 Å². The number of aromatic amines is 1. The number of carbonyl (C=O) groups excluding carboxylic acids is 2. The van der Waals surface area contributed by atoms with Crippen LogP contribution in [0.3, 0.4) is 0 Å². The van der Waals surface area contributed by atoms with E-state index in [9.17, 15) is 9.59 Å². The van der Waals surface area contributed by atoms with Crippen molar-refractivity contribution in [2.75, 3.05) is 26.2 Å². The van der Waals surface area contributed by atoms with Crippen LogP contribution in [0.1, 0.15) is 42.5 Å². The highest BCUT2D eigenvalue weighted by Crippen LogP contribution is 2.17. The number of hydrogen-bond acceptors (Lipinski definition) is 5. The third-order valence-corrected chi connectivity index (χ3v) is 3.51. The molecule has 2 heterocycles. The number of esters is 1. The summed E-state index contributed by atoms with van der Waals surface area (Å²) < 4.78 is 4.96. The first-order chi connectivity index (χ1) is 10.5. The minimum Gasteiger partial charge on any atom is -0.465 e. The fourth-order valence-corrected chi connectivity index (χ4v) is 2.57. The van der Waals surface area contributed by atoms with Crippen LogP contribution in [0.15, 0.2) is 0 Å². The molecule has 1 amide bonds. The maximum absolute atomic E-state index is 12.8. The molecular weight excluding hydrogens is 284 g/mol. The number of ether oxygens (including phenoxy) is 1. The van der Waals surface area contributed by atoms with Crippen molar-refractivity contribution in [3.05, 3.63) is 17.0 Å². The van der Waals surface area contributed by atoms with Gasteiger partial charge in [-0.1, -0.05) is 13.8 Å². The second-order valence-corrected chi connectivity index (χ2v) is 5.84. The van der Waals surface area contributed by atoms with Crippen molar-refractivity contribution >= 4 is 11.9 Å². The summed E-state index contributed by atoms with van der Waals surface area (Å²) in [5.41, 5.74) is 2.32. The van der Waals surface area contributed by atoms with Gasteiger partial charge in [0.25, 0.3) is 5.91 Å². The van der Waals surface area contributed by atoms with Crippen LogP contribution in [0.25, 0.3) is 0 Å². The summed E-state index contributed by atoms with van der Waals surface area (Å²) >= 11 is 0. The molecule has 0 radical (unpaired) electrons.